The molecule has 2 rings (SSSR count). The Morgan fingerprint density at radius 1 is 1.50 bits per heavy atom. The first kappa shape index (κ1) is 13.1. The zero-order valence-corrected chi connectivity index (χ0v) is 11.4. The van der Waals surface area contributed by atoms with E-state index in [1.165, 1.54) is 12.8 Å². The van der Waals surface area contributed by atoms with Crippen molar-refractivity contribution in [2.24, 2.45) is 0 Å². The number of aromatic nitrogens is 2. The Morgan fingerprint density at radius 2 is 2.33 bits per heavy atom. The van der Waals surface area contributed by atoms with Crippen LogP contribution in [0.4, 0.5) is 5.82 Å². The number of anilines is 1. The van der Waals surface area contributed by atoms with E-state index in [0.29, 0.717) is 24.6 Å². The van der Waals surface area contributed by atoms with Crippen molar-refractivity contribution in [1.82, 2.24) is 15.3 Å². The van der Waals surface area contributed by atoms with E-state index in [-0.39, 0.29) is 0 Å². The molecule has 2 heterocycles. The maximum Gasteiger partial charge on any atom is 0.221 e. The minimum Gasteiger partial charge on any atom is -0.478 e. The standard InChI is InChI=1S/C13H22N4O/c1-4-18-13-9(2)12(15-8-16-13)17-11-6-5-7-14-10(11)3/h8,10-11,14H,4-7H2,1-3H3,(H,15,16,17). The number of ether oxygens (including phenoxy) is 1. The predicted octanol–water partition coefficient (Wildman–Crippen LogP) is 1.74. The molecule has 5 nitrogen and oxygen atoms in total. The second-order valence-electron chi connectivity index (χ2n) is 4.72. The van der Waals surface area contributed by atoms with Crippen LogP contribution in [-0.2, 0) is 0 Å². The highest BCUT2D eigenvalue weighted by atomic mass is 16.5. The molecule has 0 aromatic carbocycles. The highest BCUT2D eigenvalue weighted by Gasteiger charge is 2.22. The fraction of sp³-hybridized carbons (Fsp3) is 0.692. The van der Waals surface area contributed by atoms with Crippen molar-refractivity contribution in [2.45, 2.75) is 45.7 Å². The van der Waals surface area contributed by atoms with Crippen LogP contribution in [0.5, 0.6) is 5.88 Å². The first-order valence-electron chi connectivity index (χ1n) is 6.66. The van der Waals surface area contributed by atoms with Gasteiger partial charge in [-0.1, -0.05) is 0 Å². The van der Waals surface area contributed by atoms with E-state index in [4.69, 9.17) is 4.74 Å². The summed E-state index contributed by atoms with van der Waals surface area (Å²) in [7, 11) is 0. The number of piperidine rings is 1. The van der Waals surface area contributed by atoms with Gasteiger partial charge in [0, 0.05) is 12.1 Å². The van der Waals surface area contributed by atoms with Gasteiger partial charge in [-0.05, 0) is 40.2 Å². The van der Waals surface area contributed by atoms with E-state index >= 15 is 0 Å². The second kappa shape index (κ2) is 6.00. The highest BCUT2D eigenvalue weighted by Crippen LogP contribution is 2.23. The molecule has 2 atom stereocenters. The lowest BCUT2D eigenvalue weighted by molar-refractivity contribution is 0.323. The van der Waals surface area contributed by atoms with Gasteiger partial charge in [0.2, 0.25) is 5.88 Å². The van der Waals surface area contributed by atoms with Crippen LogP contribution in [0.2, 0.25) is 0 Å². The first-order valence-corrected chi connectivity index (χ1v) is 6.66. The summed E-state index contributed by atoms with van der Waals surface area (Å²) in [4.78, 5) is 8.47. The smallest absolute Gasteiger partial charge is 0.221 e. The Balaban J connectivity index is 2.10. The average Bonchev–Trinajstić information content (AvgIpc) is 2.37. The summed E-state index contributed by atoms with van der Waals surface area (Å²) in [5, 5.41) is 6.98. The Bertz CT molecular complexity index is 397. The molecule has 18 heavy (non-hydrogen) atoms. The van der Waals surface area contributed by atoms with Gasteiger partial charge in [0.05, 0.1) is 12.2 Å². The van der Waals surface area contributed by atoms with Crippen LogP contribution in [0.25, 0.3) is 0 Å². The van der Waals surface area contributed by atoms with Gasteiger partial charge < -0.3 is 15.4 Å². The third kappa shape index (κ3) is 2.90. The van der Waals surface area contributed by atoms with Crippen molar-refractivity contribution < 1.29 is 4.74 Å². The molecule has 2 N–H and O–H groups in total. The molecule has 0 saturated carbocycles. The van der Waals surface area contributed by atoms with E-state index in [1.54, 1.807) is 6.33 Å². The molecule has 1 aliphatic heterocycles. The third-order valence-corrected chi connectivity index (χ3v) is 3.40. The monoisotopic (exact) mass is 250 g/mol. The summed E-state index contributed by atoms with van der Waals surface area (Å²) >= 11 is 0. The summed E-state index contributed by atoms with van der Waals surface area (Å²) in [6.45, 7) is 7.89. The minimum atomic E-state index is 0.418. The van der Waals surface area contributed by atoms with Gasteiger partial charge in [-0.2, -0.15) is 0 Å². The van der Waals surface area contributed by atoms with Crippen molar-refractivity contribution in [3.05, 3.63) is 11.9 Å². The van der Waals surface area contributed by atoms with Crippen molar-refractivity contribution in [2.75, 3.05) is 18.5 Å². The molecule has 2 unspecified atom stereocenters. The van der Waals surface area contributed by atoms with E-state index in [1.807, 2.05) is 13.8 Å². The SMILES string of the molecule is CCOc1ncnc(NC2CCCNC2C)c1C. The lowest BCUT2D eigenvalue weighted by atomic mass is 10.00. The molecule has 0 radical (unpaired) electrons. The van der Waals surface area contributed by atoms with Crippen molar-refractivity contribution in [3.8, 4) is 5.88 Å². The zero-order chi connectivity index (χ0) is 13.0. The molecule has 0 aliphatic carbocycles. The topological polar surface area (TPSA) is 59.1 Å². The number of nitrogens with one attached hydrogen (secondary N) is 2. The first-order chi connectivity index (χ1) is 8.72. The second-order valence-corrected chi connectivity index (χ2v) is 4.72. The molecule has 100 valence electrons. The fourth-order valence-electron chi connectivity index (χ4n) is 2.28. The van der Waals surface area contributed by atoms with Gasteiger partial charge in [0.15, 0.2) is 0 Å². The average molecular weight is 250 g/mol. The summed E-state index contributed by atoms with van der Waals surface area (Å²) < 4.78 is 5.49. The van der Waals surface area contributed by atoms with Crippen LogP contribution in [0.1, 0.15) is 32.3 Å². The van der Waals surface area contributed by atoms with Crippen molar-refractivity contribution in [3.63, 3.8) is 0 Å². The summed E-state index contributed by atoms with van der Waals surface area (Å²) in [6.07, 6.45) is 3.92. The largest absolute Gasteiger partial charge is 0.478 e. The number of hydrogen-bond donors (Lipinski definition) is 2. The number of nitrogens with zero attached hydrogens (tertiary/aromatic N) is 2. The fourth-order valence-corrected chi connectivity index (χ4v) is 2.28. The van der Waals surface area contributed by atoms with Crippen LogP contribution in [-0.4, -0.2) is 35.2 Å². The normalized spacial score (nSPS) is 23.7. The zero-order valence-electron chi connectivity index (χ0n) is 11.4. The lowest BCUT2D eigenvalue weighted by Gasteiger charge is -2.31. The lowest BCUT2D eigenvalue weighted by Crippen LogP contribution is -2.46. The molecule has 1 saturated heterocycles. The molecule has 1 aromatic heterocycles. The maximum atomic E-state index is 5.49. The van der Waals surface area contributed by atoms with E-state index in [2.05, 4.69) is 27.5 Å². The molecule has 1 aromatic rings. The minimum absolute atomic E-state index is 0.418. The Kier molecular flexibility index (Phi) is 4.36. The van der Waals surface area contributed by atoms with Crippen molar-refractivity contribution >= 4 is 5.82 Å². The van der Waals surface area contributed by atoms with E-state index in [0.717, 1.165) is 17.9 Å². The molecular weight excluding hydrogens is 228 g/mol. The van der Waals surface area contributed by atoms with Gasteiger partial charge in [0.25, 0.3) is 0 Å². The molecule has 1 aliphatic rings. The van der Waals surface area contributed by atoms with Crippen LogP contribution in [0.3, 0.4) is 0 Å². The van der Waals surface area contributed by atoms with Crippen LogP contribution < -0.4 is 15.4 Å². The maximum absolute atomic E-state index is 5.49. The Hall–Kier alpha value is -1.36. The van der Waals surface area contributed by atoms with Crippen LogP contribution in [0, 0.1) is 6.92 Å². The Labute approximate surface area is 108 Å². The molecule has 5 heteroatoms. The van der Waals surface area contributed by atoms with E-state index < -0.39 is 0 Å². The van der Waals surface area contributed by atoms with Gasteiger partial charge in [-0.3, -0.25) is 0 Å². The highest BCUT2D eigenvalue weighted by molar-refractivity contribution is 5.48. The number of hydrogen-bond acceptors (Lipinski definition) is 5. The van der Waals surface area contributed by atoms with Gasteiger partial charge in [-0.25, -0.2) is 9.97 Å². The van der Waals surface area contributed by atoms with Gasteiger partial charge >= 0.3 is 0 Å². The van der Waals surface area contributed by atoms with Crippen molar-refractivity contribution in [1.29, 1.82) is 0 Å². The molecule has 0 amide bonds. The Morgan fingerprint density at radius 3 is 3.06 bits per heavy atom. The summed E-state index contributed by atoms with van der Waals surface area (Å²) in [6, 6.07) is 0.880. The summed E-state index contributed by atoms with van der Waals surface area (Å²) in [5.74, 6) is 1.56. The van der Waals surface area contributed by atoms with Crippen LogP contribution >= 0.6 is 0 Å². The molecule has 1 fully saturated rings. The quantitative estimate of drug-likeness (QED) is 0.852. The van der Waals surface area contributed by atoms with Crippen LogP contribution in [0.15, 0.2) is 6.33 Å². The van der Waals surface area contributed by atoms with E-state index in [9.17, 15) is 0 Å². The predicted molar refractivity (Wildman–Crippen MR) is 72.0 cm³/mol. The summed E-state index contributed by atoms with van der Waals surface area (Å²) in [5.41, 5.74) is 0.983. The molecule has 0 spiro atoms. The number of rotatable bonds is 4. The molecular formula is C13H22N4O. The third-order valence-electron chi connectivity index (χ3n) is 3.40. The molecule has 0 bridgehead atoms. The van der Waals surface area contributed by atoms with Gasteiger partial charge in [-0.15, -0.1) is 0 Å². The van der Waals surface area contributed by atoms with Gasteiger partial charge in [0.1, 0.15) is 12.1 Å².